The molecule has 1 aliphatic carbocycles. The summed E-state index contributed by atoms with van der Waals surface area (Å²) in [5.74, 6) is 0.463. The van der Waals surface area contributed by atoms with Gasteiger partial charge in [-0.3, -0.25) is 4.79 Å². The van der Waals surface area contributed by atoms with Crippen LogP contribution >= 0.6 is 0 Å². The third-order valence-corrected chi connectivity index (χ3v) is 6.30. The number of nitrogens with one attached hydrogen (secondary N) is 1. The number of fused-ring (bicyclic) bond motifs is 3. The Hall–Kier alpha value is -4.08. The fourth-order valence-electron chi connectivity index (χ4n) is 4.25. The normalized spacial score (nSPS) is 16.9. The SMILES string of the molecule is Cc1cc(F)c(C(=O)Nc2nccc3c2OC[C@H](C)n2cnnc2-3)cc1-n1cnc(C2CC2)c1. The molecule has 0 spiro atoms. The molecule has 1 N–H and O–H groups in total. The topological polar surface area (TPSA) is 99.7 Å². The van der Waals surface area contributed by atoms with Crippen LogP contribution in [-0.4, -0.2) is 41.8 Å². The molecule has 0 saturated heterocycles. The number of carbonyl (C=O) groups is 1. The molecule has 9 nitrogen and oxygen atoms in total. The van der Waals surface area contributed by atoms with Crippen molar-refractivity contribution in [3.05, 3.63) is 65.9 Å². The van der Waals surface area contributed by atoms with E-state index in [0.29, 0.717) is 40.9 Å². The summed E-state index contributed by atoms with van der Waals surface area (Å²) < 4.78 is 24.6. The molecule has 3 aromatic heterocycles. The highest BCUT2D eigenvalue weighted by Gasteiger charge is 2.27. The van der Waals surface area contributed by atoms with Crippen LogP contribution in [0.2, 0.25) is 0 Å². The summed E-state index contributed by atoms with van der Waals surface area (Å²) in [7, 11) is 0. The Balaban J connectivity index is 1.34. The van der Waals surface area contributed by atoms with E-state index in [9.17, 15) is 9.18 Å². The summed E-state index contributed by atoms with van der Waals surface area (Å²) >= 11 is 0. The standard InChI is InChI=1S/C24H22FN7O2/c1-13-7-18(25)17(8-20(13)31-9-19(27-11-31)15-3-4-15)24(33)29-22-21-16(5-6-26-22)23-30-28-12-32(23)14(2)10-34-21/h5-9,11-12,14-15H,3-4,10H2,1-2H3,(H,26,29,33)/t14-/m0/s1. The number of aromatic nitrogens is 6. The maximum absolute atomic E-state index is 14.9. The van der Waals surface area contributed by atoms with E-state index in [4.69, 9.17) is 4.74 Å². The molecule has 1 amide bonds. The number of hydrogen-bond acceptors (Lipinski definition) is 6. The zero-order chi connectivity index (χ0) is 23.4. The van der Waals surface area contributed by atoms with E-state index < -0.39 is 11.7 Å². The number of anilines is 1. The summed E-state index contributed by atoms with van der Waals surface area (Å²) in [6.07, 6.45) is 9.12. The van der Waals surface area contributed by atoms with Crippen molar-refractivity contribution in [1.29, 1.82) is 0 Å². The zero-order valence-electron chi connectivity index (χ0n) is 18.7. The van der Waals surface area contributed by atoms with Gasteiger partial charge in [0, 0.05) is 18.3 Å². The molecule has 1 aliphatic heterocycles. The maximum Gasteiger partial charge on any atom is 0.259 e. The van der Waals surface area contributed by atoms with Crippen molar-refractivity contribution in [3.63, 3.8) is 0 Å². The number of rotatable bonds is 4. The van der Waals surface area contributed by atoms with Crippen LogP contribution in [0.3, 0.4) is 0 Å². The molecule has 1 saturated carbocycles. The quantitative estimate of drug-likeness (QED) is 0.494. The highest BCUT2D eigenvalue weighted by atomic mass is 19.1. The van der Waals surface area contributed by atoms with E-state index in [2.05, 4.69) is 25.5 Å². The smallest absolute Gasteiger partial charge is 0.259 e. The molecular weight excluding hydrogens is 437 g/mol. The fraction of sp³-hybridized carbons (Fsp3) is 0.292. The van der Waals surface area contributed by atoms with Gasteiger partial charge in [-0.15, -0.1) is 10.2 Å². The van der Waals surface area contributed by atoms with Crippen LogP contribution in [0.4, 0.5) is 10.2 Å². The number of ether oxygens (including phenoxy) is 1. The Morgan fingerprint density at radius 1 is 1.24 bits per heavy atom. The maximum atomic E-state index is 14.9. The van der Waals surface area contributed by atoms with Crippen LogP contribution in [-0.2, 0) is 0 Å². The van der Waals surface area contributed by atoms with Crippen molar-refractivity contribution >= 4 is 11.7 Å². The van der Waals surface area contributed by atoms with Gasteiger partial charge in [-0.25, -0.2) is 14.4 Å². The van der Waals surface area contributed by atoms with E-state index in [1.807, 2.05) is 22.3 Å². The monoisotopic (exact) mass is 459 g/mol. The molecule has 6 rings (SSSR count). The van der Waals surface area contributed by atoms with E-state index in [1.54, 1.807) is 37.9 Å². The van der Waals surface area contributed by atoms with Crippen LogP contribution in [0, 0.1) is 12.7 Å². The molecule has 4 aromatic rings. The van der Waals surface area contributed by atoms with Crippen molar-refractivity contribution in [1.82, 2.24) is 29.3 Å². The summed E-state index contributed by atoms with van der Waals surface area (Å²) in [5.41, 5.74) is 2.99. The lowest BCUT2D eigenvalue weighted by atomic mass is 10.1. The first-order valence-electron chi connectivity index (χ1n) is 11.2. The molecule has 10 heteroatoms. The van der Waals surface area contributed by atoms with Crippen LogP contribution in [0.1, 0.15) is 53.3 Å². The van der Waals surface area contributed by atoms with Crippen LogP contribution in [0.15, 0.2) is 43.2 Å². The van der Waals surface area contributed by atoms with Crippen molar-refractivity contribution in [2.45, 2.75) is 38.6 Å². The summed E-state index contributed by atoms with van der Waals surface area (Å²) in [4.78, 5) is 21.9. The van der Waals surface area contributed by atoms with Crippen molar-refractivity contribution < 1.29 is 13.9 Å². The third kappa shape index (κ3) is 3.42. The average molecular weight is 459 g/mol. The van der Waals surface area contributed by atoms with Gasteiger partial charge in [-0.05, 0) is 50.5 Å². The molecular formula is C24H22FN7O2. The minimum Gasteiger partial charge on any atom is -0.487 e. The molecule has 0 radical (unpaired) electrons. The predicted molar refractivity (Wildman–Crippen MR) is 122 cm³/mol. The van der Waals surface area contributed by atoms with E-state index in [-0.39, 0.29) is 17.4 Å². The third-order valence-electron chi connectivity index (χ3n) is 6.30. The molecule has 0 bridgehead atoms. The second-order valence-electron chi connectivity index (χ2n) is 8.81. The first kappa shape index (κ1) is 20.5. The molecule has 4 heterocycles. The van der Waals surface area contributed by atoms with Gasteiger partial charge in [0.2, 0.25) is 0 Å². The minimum atomic E-state index is -0.621. The summed E-state index contributed by atoms with van der Waals surface area (Å²) in [5, 5.41) is 10.9. The number of halogens is 1. The molecule has 34 heavy (non-hydrogen) atoms. The number of carbonyl (C=O) groups excluding carboxylic acids is 1. The number of hydrogen-bond donors (Lipinski definition) is 1. The molecule has 172 valence electrons. The Labute approximate surface area is 194 Å². The lowest BCUT2D eigenvalue weighted by molar-refractivity contribution is 0.102. The van der Waals surface area contributed by atoms with Gasteiger partial charge in [-0.1, -0.05) is 0 Å². The van der Waals surface area contributed by atoms with Gasteiger partial charge in [-0.2, -0.15) is 0 Å². The first-order chi connectivity index (χ1) is 16.5. The lowest BCUT2D eigenvalue weighted by Crippen LogP contribution is -2.17. The highest BCUT2D eigenvalue weighted by molar-refractivity contribution is 6.05. The minimum absolute atomic E-state index is 0.00577. The number of aryl methyl sites for hydroxylation is 1. The van der Waals surface area contributed by atoms with Crippen LogP contribution in [0.5, 0.6) is 5.75 Å². The van der Waals surface area contributed by atoms with Gasteiger partial charge < -0.3 is 19.2 Å². The number of pyridine rings is 1. The van der Waals surface area contributed by atoms with Crippen LogP contribution in [0.25, 0.3) is 17.1 Å². The molecule has 1 aromatic carbocycles. The Morgan fingerprint density at radius 2 is 2.09 bits per heavy atom. The first-order valence-corrected chi connectivity index (χ1v) is 11.2. The second-order valence-corrected chi connectivity index (χ2v) is 8.81. The zero-order valence-corrected chi connectivity index (χ0v) is 18.7. The largest absolute Gasteiger partial charge is 0.487 e. The van der Waals surface area contributed by atoms with Crippen molar-refractivity contribution in [3.8, 4) is 22.8 Å². The summed E-state index contributed by atoms with van der Waals surface area (Å²) in [6, 6.07) is 4.65. The second kappa shape index (κ2) is 7.75. The summed E-state index contributed by atoms with van der Waals surface area (Å²) in [6.45, 7) is 4.14. The molecule has 0 unspecified atom stereocenters. The highest BCUT2D eigenvalue weighted by Crippen LogP contribution is 2.40. The molecule has 1 fully saturated rings. The number of imidazole rings is 1. The van der Waals surface area contributed by atoms with Gasteiger partial charge in [0.1, 0.15) is 18.8 Å². The Morgan fingerprint density at radius 3 is 2.91 bits per heavy atom. The Kier molecular flexibility index (Phi) is 4.68. The van der Waals surface area contributed by atoms with Gasteiger partial charge in [0.15, 0.2) is 17.4 Å². The van der Waals surface area contributed by atoms with E-state index in [1.165, 1.54) is 6.07 Å². The van der Waals surface area contributed by atoms with Gasteiger partial charge >= 0.3 is 0 Å². The van der Waals surface area contributed by atoms with E-state index >= 15 is 0 Å². The number of nitrogens with zero attached hydrogens (tertiary/aromatic N) is 6. The molecule has 1 atom stereocenters. The van der Waals surface area contributed by atoms with Crippen molar-refractivity contribution in [2.24, 2.45) is 0 Å². The van der Waals surface area contributed by atoms with Crippen LogP contribution < -0.4 is 10.1 Å². The fourth-order valence-corrected chi connectivity index (χ4v) is 4.25. The lowest BCUT2D eigenvalue weighted by Gasteiger charge is -2.14. The van der Waals surface area contributed by atoms with Crippen molar-refractivity contribution in [2.75, 3.05) is 11.9 Å². The predicted octanol–water partition coefficient (Wildman–Crippen LogP) is 4.06. The average Bonchev–Trinajstić information content (AvgIpc) is 3.38. The number of benzene rings is 1. The number of amides is 1. The Bertz CT molecular complexity index is 1420. The van der Waals surface area contributed by atoms with Gasteiger partial charge in [0.05, 0.1) is 34.9 Å². The van der Waals surface area contributed by atoms with E-state index in [0.717, 1.165) is 18.5 Å². The van der Waals surface area contributed by atoms with Gasteiger partial charge in [0.25, 0.3) is 5.91 Å². The molecule has 2 aliphatic rings.